The van der Waals surface area contributed by atoms with Gasteiger partial charge in [-0.1, -0.05) is 166 Å². The second kappa shape index (κ2) is 11.6. The molecular weight excluding hydrogens is 691 g/mol. The predicted octanol–water partition coefficient (Wildman–Crippen LogP) is 15.0. The molecule has 2 aliphatic rings. The summed E-state index contributed by atoms with van der Waals surface area (Å²) >= 11 is 0. The molecule has 0 N–H and O–H groups in total. The van der Waals surface area contributed by atoms with E-state index in [1.165, 1.54) is 71.6 Å². The van der Waals surface area contributed by atoms with Crippen LogP contribution < -0.4 is 4.90 Å². The Hall–Kier alpha value is -6.90. The van der Waals surface area contributed by atoms with Crippen LogP contribution in [0.2, 0.25) is 0 Å². The van der Waals surface area contributed by atoms with E-state index in [1.54, 1.807) is 0 Å². The smallest absolute Gasteiger partial charge is 0.145 e. The molecule has 12 rings (SSSR count). The predicted molar refractivity (Wildman–Crippen MR) is 238 cm³/mol. The van der Waals surface area contributed by atoms with Gasteiger partial charge in [-0.25, -0.2) is 0 Å². The van der Waals surface area contributed by atoms with Crippen LogP contribution in [0, 0.1) is 0 Å². The van der Waals surface area contributed by atoms with Crippen LogP contribution in [-0.4, -0.2) is 0 Å². The Morgan fingerprint density at radius 2 is 0.982 bits per heavy atom. The molecule has 2 nitrogen and oxygen atoms in total. The zero-order valence-electron chi connectivity index (χ0n) is 32.2. The van der Waals surface area contributed by atoms with E-state index in [1.807, 2.05) is 0 Å². The first-order valence-corrected chi connectivity index (χ1v) is 20.0. The van der Waals surface area contributed by atoms with Gasteiger partial charge in [0.2, 0.25) is 0 Å². The molecule has 0 atom stereocenters. The molecule has 0 saturated carbocycles. The molecule has 1 aromatic heterocycles. The minimum Gasteiger partial charge on any atom is -0.455 e. The van der Waals surface area contributed by atoms with Crippen LogP contribution >= 0.6 is 0 Å². The van der Waals surface area contributed by atoms with E-state index in [2.05, 4.69) is 208 Å². The molecule has 0 fully saturated rings. The Bertz CT molecular complexity index is 3230. The summed E-state index contributed by atoms with van der Waals surface area (Å²) in [4.78, 5) is 2.46. The van der Waals surface area contributed by atoms with Crippen molar-refractivity contribution in [2.24, 2.45) is 0 Å². The fourth-order valence-corrected chi connectivity index (χ4v) is 10.4. The number of rotatable bonds is 3. The van der Waals surface area contributed by atoms with E-state index in [-0.39, 0.29) is 5.41 Å². The van der Waals surface area contributed by atoms with Crippen LogP contribution in [-0.2, 0) is 10.8 Å². The van der Waals surface area contributed by atoms with Crippen molar-refractivity contribution in [2.75, 3.05) is 4.90 Å². The average molecular weight is 730 g/mol. The first kappa shape index (κ1) is 32.4. The van der Waals surface area contributed by atoms with Crippen LogP contribution in [0.3, 0.4) is 0 Å². The third-order valence-electron chi connectivity index (χ3n) is 12.8. The largest absolute Gasteiger partial charge is 0.455 e. The van der Waals surface area contributed by atoms with Gasteiger partial charge in [0.1, 0.15) is 11.2 Å². The summed E-state index contributed by atoms with van der Waals surface area (Å²) in [7, 11) is 0. The molecule has 1 spiro atoms. The molecule has 0 aliphatic heterocycles. The van der Waals surface area contributed by atoms with Crippen molar-refractivity contribution < 1.29 is 4.42 Å². The van der Waals surface area contributed by atoms with Crippen molar-refractivity contribution in [2.45, 2.75) is 31.6 Å². The van der Waals surface area contributed by atoms with Crippen molar-refractivity contribution in [3.63, 3.8) is 0 Å². The average Bonchev–Trinajstić information content (AvgIpc) is 3.89. The molecule has 1 heterocycles. The Balaban J connectivity index is 1.32. The van der Waals surface area contributed by atoms with Gasteiger partial charge < -0.3 is 9.32 Å². The fourth-order valence-electron chi connectivity index (χ4n) is 10.4. The Morgan fingerprint density at radius 3 is 1.65 bits per heavy atom. The molecule has 0 bridgehead atoms. The van der Waals surface area contributed by atoms with E-state index in [0.29, 0.717) is 0 Å². The summed E-state index contributed by atoms with van der Waals surface area (Å²) in [5.41, 5.74) is 16.1. The standard InChI is InChI=1S/C55H39NO/c1-54(2,3)34-29-31-36(32-30-34)56(35-17-5-4-6-18-35)47-33-46-51(53-49(47)43-25-13-16-28-48(43)57-53)50-41-23-9-7-19-37(41)38-20-8-10-24-42(38)52(50)55(46)44-26-14-11-21-39(44)40-22-12-15-27-45(40)55/h4-33H,1-3H3. The molecule has 0 radical (unpaired) electrons. The Labute approximate surface area is 332 Å². The lowest BCUT2D eigenvalue weighted by Crippen LogP contribution is -2.26. The molecule has 0 saturated heterocycles. The zero-order chi connectivity index (χ0) is 38.0. The van der Waals surface area contributed by atoms with Crippen molar-refractivity contribution in [1.29, 1.82) is 0 Å². The van der Waals surface area contributed by atoms with E-state index in [4.69, 9.17) is 4.42 Å². The number of hydrogen-bond donors (Lipinski definition) is 0. The molecule has 9 aromatic carbocycles. The normalized spacial score (nSPS) is 13.7. The summed E-state index contributed by atoms with van der Waals surface area (Å²) in [5, 5.41) is 7.28. The van der Waals surface area contributed by atoms with Gasteiger partial charge in [-0.15, -0.1) is 0 Å². The maximum Gasteiger partial charge on any atom is 0.145 e. The lowest BCUT2D eigenvalue weighted by atomic mass is 9.69. The molecule has 2 aliphatic carbocycles. The third-order valence-corrected chi connectivity index (χ3v) is 12.8. The van der Waals surface area contributed by atoms with Gasteiger partial charge in [0.05, 0.1) is 16.5 Å². The lowest BCUT2D eigenvalue weighted by Gasteiger charge is -2.33. The van der Waals surface area contributed by atoms with Gasteiger partial charge >= 0.3 is 0 Å². The second-order valence-electron chi connectivity index (χ2n) is 16.8. The topological polar surface area (TPSA) is 16.4 Å². The highest BCUT2D eigenvalue weighted by atomic mass is 16.3. The quantitative estimate of drug-likeness (QED) is 0.168. The number of fused-ring (bicyclic) bond motifs is 19. The van der Waals surface area contributed by atoms with Crippen LogP contribution in [0.5, 0.6) is 0 Å². The molecule has 10 aromatic rings. The zero-order valence-corrected chi connectivity index (χ0v) is 32.2. The highest BCUT2D eigenvalue weighted by Gasteiger charge is 2.54. The van der Waals surface area contributed by atoms with Crippen LogP contribution in [0.25, 0.3) is 65.7 Å². The van der Waals surface area contributed by atoms with Gasteiger partial charge in [-0.3, -0.25) is 0 Å². The summed E-state index contributed by atoms with van der Waals surface area (Å²) in [6, 6.07) is 67.4. The highest BCUT2D eigenvalue weighted by molar-refractivity contribution is 6.26. The second-order valence-corrected chi connectivity index (χ2v) is 16.8. The minimum atomic E-state index is -0.609. The van der Waals surface area contributed by atoms with Gasteiger partial charge in [0.25, 0.3) is 0 Å². The molecule has 2 heteroatoms. The molecule has 0 amide bonds. The summed E-state index contributed by atoms with van der Waals surface area (Å²) in [6.45, 7) is 6.83. The maximum absolute atomic E-state index is 7.29. The van der Waals surface area contributed by atoms with Crippen LogP contribution in [0.15, 0.2) is 186 Å². The van der Waals surface area contributed by atoms with Gasteiger partial charge in [0.15, 0.2) is 0 Å². The van der Waals surface area contributed by atoms with Gasteiger partial charge in [-0.05, 0) is 108 Å². The molecule has 0 unspecified atom stereocenters. The first-order valence-electron chi connectivity index (χ1n) is 20.0. The highest BCUT2D eigenvalue weighted by Crippen LogP contribution is 2.67. The van der Waals surface area contributed by atoms with E-state index >= 15 is 0 Å². The molecule has 270 valence electrons. The number of anilines is 3. The number of nitrogens with zero attached hydrogens (tertiary/aromatic N) is 1. The first-order chi connectivity index (χ1) is 27.9. The summed E-state index contributed by atoms with van der Waals surface area (Å²) in [6.07, 6.45) is 0. The van der Waals surface area contributed by atoms with Crippen LogP contribution in [0.1, 0.15) is 48.6 Å². The number of para-hydroxylation sites is 2. The third kappa shape index (κ3) is 4.25. The van der Waals surface area contributed by atoms with Gasteiger partial charge in [0, 0.05) is 22.3 Å². The molecular formula is C55H39NO. The number of hydrogen-bond acceptors (Lipinski definition) is 2. The number of furan rings is 1. The van der Waals surface area contributed by atoms with Crippen molar-refractivity contribution >= 4 is 60.5 Å². The summed E-state index contributed by atoms with van der Waals surface area (Å²) in [5.74, 6) is 0. The Kier molecular flexibility index (Phi) is 6.57. The van der Waals surface area contributed by atoms with Crippen molar-refractivity contribution in [1.82, 2.24) is 0 Å². The minimum absolute atomic E-state index is 0.0324. The summed E-state index contributed by atoms with van der Waals surface area (Å²) < 4.78 is 7.29. The lowest BCUT2D eigenvalue weighted by molar-refractivity contribution is 0.590. The number of benzene rings is 9. The maximum atomic E-state index is 7.29. The SMILES string of the molecule is CC(C)(C)c1ccc(N(c2ccccc2)c2cc3c(c4oc5ccccc5c24)-c2c(c4ccccc4c4ccccc24)C32c3ccccc3-c3ccccc32)cc1. The Morgan fingerprint density at radius 1 is 0.456 bits per heavy atom. The van der Waals surface area contributed by atoms with Crippen molar-refractivity contribution in [3.05, 3.63) is 210 Å². The van der Waals surface area contributed by atoms with E-state index in [9.17, 15) is 0 Å². The monoisotopic (exact) mass is 729 g/mol. The van der Waals surface area contributed by atoms with E-state index in [0.717, 1.165) is 39.0 Å². The fraction of sp³-hybridized carbons (Fsp3) is 0.0909. The van der Waals surface area contributed by atoms with Crippen LogP contribution in [0.4, 0.5) is 17.1 Å². The van der Waals surface area contributed by atoms with E-state index < -0.39 is 5.41 Å². The van der Waals surface area contributed by atoms with Gasteiger partial charge in [-0.2, -0.15) is 0 Å². The van der Waals surface area contributed by atoms with Crippen molar-refractivity contribution in [3.8, 4) is 22.3 Å². The molecule has 57 heavy (non-hydrogen) atoms.